The van der Waals surface area contributed by atoms with Crippen molar-refractivity contribution in [2.75, 3.05) is 7.11 Å². The lowest BCUT2D eigenvalue weighted by molar-refractivity contribution is -0.139. The molecule has 0 aliphatic rings. The van der Waals surface area contributed by atoms with Crippen LogP contribution < -0.4 is 0 Å². The van der Waals surface area contributed by atoms with E-state index >= 15 is 0 Å². The van der Waals surface area contributed by atoms with Gasteiger partial charge < -0.3 is 4.74 Å². The van der Waals surface area contributed by atoms with Crippen molar-refractivity contribution in [2.24, 2.45) is 0 Å². The summed E-state index contributed by atoms with van der Waals surface area (Å²) in [6.07, 6.45) is -0.0450. The molecule has 0 bridgehead atoms. The van der Waals surface area contributed by atoms with Crippen LogP contribution in [-0.2, 0) is 26.2 Å². The lowest BCUT2D eigenvalue weighted by Gasteiger charge is -1.94. The lowest BCUT2D eigenvalue weighted by Crippen LogP contribution is -2.02. The van der Waals surface area contributed by atoms with E-state index in [-0.39, 0.29) is 6.42 Å². The van der Waals surface area contributed by atoms with Gasteiger partial charge in [-0.2, -0.15) is 8.42 Å². The SMILES string of the molecule is COC(=O)Cc1ccc(S(=O)(=O)F)s1. The summed E-state index contributed by atoms with van der Waals surface area (Å²) >= 11 is 0.720. The van der Waals surface area contributed by atoms with Gasteiger partial charge in [0.1, 0.15) is 0 Å². The summed E-state index contributed by atoms with van der Waals surface area (Å²) < 4.78 is 37.3. The molecule has 0 saturated heterocycles. The third-order valence-corrected chi connectivity index (χ3v) is 3.77. The molecular formula is C7H7FO4S2. The molecule has 0 spiro atoms. The number of methoxy groups -OCH3 is 1. The van der Waals surface area contributed by atoms with Crippen molar-refractivity contribution in [3.63, 3.8) is 0 Å². The largest absolute Gasteiger partial charge is 0.469 e. The van der Waals surface area contributed by atoms with E-state index in [2.05, 4.69) is 4.74 Å². The maximum atomic E-state index is 12.4. The third-order valence-electron chi connectivity index (χ3n) is 1.42. The minimum atomic E-state index is -4.66. The molecule has 78 valence electrons. The molecule has 1 aromatic rings. The van der Waals surface area contributed by atoms with E-state index in [9.17, 15) is 17.1 Å². The Morgan fingerprint density at radius 3 is 2.64 bits per heavy atom. The molecule has 1 heterocycles. The van der Waals surface area contributed by atoms with E-state index in [1.165, 1.54) is 13.2 Å². The van der Waals surface area contributed by atoms with Crippen LogP contribution >= 0.6 is 11.3 Å². The molecule has 14 heavy (non-hydrogen) atoms. The summed E-state index contributed by atoms with van der Waals surface area (Å²) in [5.41, 5.74) is 0. The van der Waals surface area contributed by atoms with Crippen molar-refractivity contribution in [1.82, 2.24) is 0 Å². The highest BCUT2D eigenvalue weighted by molar-refractivity contribution is 7.88. The average molecular weight is 238 g/mol. The molecule has 1 aromatic heterocycles. The number of esters is 1. The molecule has 0 amide bonds. The summed E-state index contributed by atoms with van der Waals surface area (Å²) in [5, 5.41) is 0. The van der Waals surface area contributed by atoms with Gasteiger partial charge in [-0.1, -0.05) is 3.89 Å². The Balaban J connectivity index is 2.84. The summed E-state index contributed by atoms with van der Waals surface area (Å²) in [6, 6.07) is 2.51. The molecule has 0 aromatic carbocycles. The molecular weight excluding hydrogens is 231 g/mol. The Bertz CT molecular complexity index is 434. The molecule has 4 nitrogen and oxygen atoms in total. The van der Waals surface area contributed by atoms with Gasteiger partial charge in [0.25, 0.3) is 0 Å². The van der Waals surface area contributed by atoms with E-state index in [1.807, 2.05) is 0 Å². The van der Waals surface area contributed by atoms with Crippen LogP contribution in [0.4, 0.5) is 3.89 Å². The van der Waals surface area contributed by atoms with E-state index in [0.29, 0.717) is 4.88 Å². The Hall–Kier alpha value is -0.950. The highest BCUT2D eigenvalue weighted by Gasteiger charge is 2.16. The molecule has 0 saturated carbocycles. The second-order valence-electron chi connectivity index (χ2n) is 2.41. The van der Waals surface area contributed by atoms with Crippen molar-refractivity contribution >= 4 is 27.5 Å². The van der Waals surface area contributed by atoms with Gasteiger partial charge in [0.2, 0.25) is 0 Å². The number of ether oxygens (including phenoxy) is 1. The number of halogens is 1. The smallest absolute Gasteiger partial charge is 0.341 e. The fourth-order valence-corrected chi connectivity index (χ4v) is 2.47. The second-order valence-corrected chi connectivity index (χ2v) is 5.15. The average Bonchev–Trinajstić information content (AvgIpc) is 2.51. The Morgan fingerprint density at radius 2 is 2.21 bits per heavy atom. The molecule has 0 fully saturated rings. The fourth-order valence-electron chi connectivity index (χ4n) is 0.799. The minimum absolute atomic E-state index is 0.0450. The lowest BCUT2D eigenvalue weighted by atomic mass is 10.3. The van der Waals surface area contributed by atoms with Gasteiger partial charge in [0.15, 0.2) is 4.21 Å². The van der Waals surface area contributed by atoms with Gasteiger partial charge in [0.05, 0.1) is 13.5 Å². The van der Waals surface area contributed by atoms with Crippen molar-refractivity contribution in [3.8, 4) is 0 Å². The zero-order chi connectivity index (χ0) is 10.8. The second kappa shape index (κ2) is 4.05. The standard InChI is InChI=1S/C7H7FO4S2/c1-12-6(9)4-5-2-3-7(13-5)14(8,10)11/h2-3H,4H2,1H3. The van der Waals surface area contributed by atoms with Crippen molar-refractivity contribution in [3.05, 3.63) is 17.0 Å². The van der Waals surface area contributed by atoms with Crippen molar-refractivity contribution < 1.29 is 21.8 Å². The van der Waals surface area contributed by atoms with Crippen LogP contribution in [0.5, 0.6) is 0 Å². The molecule has 0 aliphatic carbocycles. The van der Waals surface area contributed by atoms with Gasteiger partial charge in [-0.15, -0.1) is 11.3 Å². The predicted octanol–water partition coefficient (Wildman–Crippen LogP) is 1.12. The third kappa shape index (κ3) is 2.78. The number of hydrogen-bond acceptors (Lipinski definition) is 5. The van der Waals surface area contributed by atoms with Crippen LogP contribution in [0.15, 0.2) is 16.3 Å². The highest BCUT2D eigenvalue weighted by atomic mass is 32.3. The molecule has 0 radical (unpaired) electrons. The molecule has 1 rings (SSSR count). The number of hydrogen-bond donors (Lipinski definition) is 0. The first-order valence-corrected chi connectivity index (χ1v) is 5.73. The van der Waals surface area contributed by atoms with Crippen LogP contribution in [0.2, 0.25) is 0 Å². The zero-order valence-corrected chi connectivity index (χ0v) is 8.82. The first-order valence-electron chi connectivity index (χ1n) is 3.53. The topological polar surface area (TPSA) is 60.4 Å². The maximum Gasteiger partial charge on any atom is 0.341 e. The van der Waals surface area contributed by atoms with E-state index in [0.717, 1.165) is 17.4 Å². The summed E-state index contributed by atoms with van der Waals surface area (Å²) in [5.74, 6) is -0.491. The quantitative estimate of drug-likeness (QED) is 0.585. The molecule has 0 atom stereocenters. The Morgan fingerprint density at radius 1 is 1.57 bits per heavy atom. The number of rotatable bonds is 3. The van der Waals surface area contributed by atoms with Crippen LogP contribution in [0.25, 0.3) is 0 Å². The molecule has 0 unspecified atom stereocenters. The number of carbonyl (C=O) groups is 1. The molecule has 7 heteroatoms. The normalized spacial score (nSPS) is 11.3. The maximum absolute atomic E-state index is 12.4. The number of thiophene rings is 1. The molecule has 0 N–H and O–H groups in total. The predicted molar refractivity (Wildman–Crippen MR) is 48.3 cm³/mol. The summed E-state index contributed by atoms with van der Waals surface area (Å²) in [6.45, 7) is 0. The van der Waals surface area contributed by atoms with Gasteiger partial charge in [-0.3, -0.25) is 4.79 Å². The van der Waals surface area contributed by atoms with E-state index in [1.54, 1.807) is 0 Å². The van der Waals surface area contributed by atoms with Gasteiger partial charge >= 0.3 is 16.2 Å². The Kier molecular flexibility index (Phi) is 3.22. The van der Waals surface area contributed by atoms with Crippen LogP contribution in [0, 0.1) is 0 Å². The molecule has 0 aliphatic heterocycles. The fraction of sp³-hybridized carbons (Fsp3) is 0.286. The summed E-state index contributed by atoms with van der Waals surface area (Å²) in [4.78, 5) is 11.2. The van der Waals surface area contributed by atoms with Crippen LogP contribution in [0.3, 0.4) is 0 Å². The number of carbonyl (C=O) groups excluding carboxylic acids is 1. The van der Waals surface area contributed by atoms with Crippen molar-refractivity contribution in [1.29, 1.82) is 0 Å². The van der Waals surface area contributed by atoms with Gasteiger partial charge in [-0.25, -0.2) is 0 Å². The summed E-state index contributed by atoms with van der Waals surface area (Å²) in [7, 11) is -3.43. The van der Waals surface area contributed by atoms with E-state index < -0.39 is 20.4 Å². The minimum Gasteiger partial charge on any atom is -0.469 e. The van der Waals surface area contributed by atoms with Gasteiger partial charge in [-0.05, 0) is 12.1 Å². The monoisotopic (exact) mass is 238 g/mol. The van der Waals surface area contributed by atoms with Crippen LogP contribution in [0.1, 0.15) is 4.88 Å². The zero-order valence-electron chi connectivity index (χ0n) is 7.19. The Labute approximate surface area is 84.5 Å². The first kappa shape index (κ1) is 11.1. The van der Waals surface area contributed by atoms with Gasteiger partial charge in [0, 0.05) is 4.88 Å². The van der Waals surface area contributed by atoms with Crippen molar-refractivity contribution in [2.45, 2.75) is 10.6 Å². The first-order chi connectivity index (χ1) is 6.43. The highest BCUT2D eigenvalue weighted by Crippen LogP contribution is 2.23. The van der Waals surface area contributed by atoms with Crippen LogP contribution in [-0.4, -0.2) is 21.5 Å². The van der Waals surface area contributed by atoms with E-state index in [4.69, 9.17) is 0 Å².